The Morgan fingerprint density at radius 2 is 1.86 bits per heavy atom. The summed E-state index contributed by atoms with van der Waals surface area (Å²) in [5.41, 5.74) is -0.397. The van der Waals surface area contributed by atoms with Gasteiger partial charge in [0, 0.05) is 6.54 Å². The number of anilines is 1. The van der Waals surface area contributed by atoms with Gasteiger partial charge in [0.25, 0.3) is 5.91 Å². The van der Waals surface area contributed by atoms with Crippen LogP contribution < -0.4 is 16.0 Å². The fourth-order valence-electron chi connectivity index (χ4n) is 3.01. The lowest BCUT2D eigenvalue weighted by Crippen LogP contribution is -2.34. The van der Waals surface area contributed by atoms with Crippen molar-refractivity contribution < 1.29 is 27.2 Å². The zero-order valence-corrected chi connectivity index (χ0v) is 14.6. The third-order valence-electron chi connectivity index (χ3n) is 4.37. The fraction of sp³-hybridized carbons (Fsp3) is 0.263. The highest BCUT2D eigenvalue weighted by molar-refractivity contribution is 6.00. The van der Waals surface area contributed by atoms with Crippen molar-refractivity contribution in [2.75, 3.05) is 18.4 Å². The molecule has 1 heterocycles. The van der Waals surface area contributed by atoms with E-state index in [1.54, 1.807) is 6.07 Å². The van der Waals surface area contributed by atoms with Gasteiger partial charge in [-0.15, -0.1) is 0 Å². The Balaban J connectivity index is 1.65. The van der Waals surface area contributed by atoms with Crippen LogP contribution in [0.2, 0.25) is 0 Å². The Hall–Kier alpha value is -2.94. The molecular weight excluding hydrogens is 378 g/mol. The minimum Gasteiger partial charge on any atom is -0.343 e. The highest BCUT2D eigenvalue weighted by Crippen LogP contribution is 2.31. The molecule has 148 valence electrons. The van der Waals surface area contributed by atoms with Crippen LogP contribution in [0.25, 0.3) is 0 Å². The maximum atomic E-state index is 14.5. The zero-order chi connectivity index (χ0) is 20.3. The van der Waals surface area contributed by atoms with Crippen LogP contribution in [-0.4, -0.2) is 24.9 Å². The molecule has 0 bridgehead atoms. The van der Waals surface area contributed by atoms with E-state index < -0.39 is 41.5 Å². The van der Waals surface area contributed by atoms with Gasteiger partial charge in [-0.1, -0.05) is 18.2 Å². The molecule has 28 heavy (non-hydrogen) atoms. The molecule has 9 heteroatoms. The summed E-state index contributed by atoms with van der Waals surface area (Å²) in [4.78, 5) is 24.1. The van der Waals surface area contributed by atoms with Crippen LogP contribution in [0.1, 0.15) is 27.0 Å². The van der Waals surface area contributed by atoms with Gasteiger partial charge in [-0.3, -0.25) is 9.59 Å². The maximum Gasteiger partial charge on any atom is 0.417 e. The molecule has 0 saturated heterocycles. The van der Waals surface area contributed by atoms with Crippen molar-refractivity contribution >= 4 is 17.5 Å². The largest absolute Gasteiger partial charge is 0.417 e. The van der Waals surface area contributed by atoms with Gasteiger partial charge < -0.3 is 16.0 Å². The summed E-state index contributed by atoms with van der Waals surface area (Å²) in [7, 11) is 0. The molecule has 0 saturated carbocycles. The van der Waals surface area contributed by atoms with Crippen LogP contribution in [0.3, 0.4) is 0 Å². The summed E-state index contributed by atoms with van der Waals surface area (Å²) in [6.45, 7) is 0.564. The predicted octanol–water partition coefficient (Wildman–Crippen LogP) is 2.86. The van der Waals surface area contributed by atoms with Crippen molar-refractivity contribution in [3.05, 3.63) is 64.5 Å². The number of halogens is 4. The molecule has 0 aliphatic carbocycles. The van der Waals surface area contributed by atoms with E-state index in [1.807, 2.05) is 0 Å². The minimum absolute atomic E-state index is 0.0319. The maximum absolute atomic E-state index is 14.5. The van der Waals surface area contributed by atoms with Gasteiger partial charge in [0.2, 0.25) is 5.91 Å². The summed E-state index contributed by atoms with van der Waals surface area (Å²) in [5.74, 6) is -2.33. The third-order valence-corrected chi connectivity index (χ3v) is 4.37. The first-order valence-corrected chi connectivity index (χ1v) is 8.52. The number of hydrogen-bond donors (Lipinski definition) is 3. The van der Waals surface area contributed by atoms with E-state index in [4.69, 9.17) is 0 Å². The van der Waals surface area contributed by atoms with Crippen LogP contribution in [0.15, 0.2) is 36.4 Å². The molecule has 0 fully saturated rings. The molecule has 1 aliphatic rings. The van der Waals surface area contributed by atoms with Crippen molar-refractivity contribution in [3.63, 3.8) is 0 Å². The van der Waals surface area contributed by atoms with Gasteiger partial charge in [-0.2, -0.15) is 13.2 Å². The fourth-order valence-corrected chi connectivity index (χ4v) is 3.01. The SMILES string of the molecule is O=C(CNC(=O)c1ccccc1C(F)(F)F)Nc1ccc2c(c1F)CCNC2. The Kier molecular flexibility index (Phi) is 5.64. The molecule has 3 rings (SSSR count). The Bertz CT molecular complexity index is 913. The first-order valence-electron chi connectivity index (χ1n) is 8.52. The van der Waals surface area contributed by atoms with Gasteiger partial charge in [-0.25, -0.2) is 4.39 Å². The van der Waals surface area contributed by atoms with Gasteiger partial charge in [0.15, 0.2) is 0 Å². The van der Waals surface area contributed by atoms with E-state index in [1.165, 1.54) is 18.2 Å². The number of carbonyl (C=O) groups is 2. The van der Waals surface area contributed by atoms with E-state index in [0.29, 0.717) is 25.1 Å². The van der Waals surface area contributed by atoms with Crippen molar-refractivity contribution in [2.24, 2.45) is 0 Å². The normalized spacial score (nSPS) is 13.6. The third kappa shape index (κ3) is 4.30. The lowest BCUT2D eigenvalue weighted by atomic mass is 9.99. The molecule has 2 amide bonds. The molecule has 3 N–H and O–H groups in total. The van der Waals surface area contributed by atoms with E-state index in [0.717, 1.165) is 17.7 Å². The van der Waals surface area contributed by atoms with Gasteiger partial charge >= 0.3 is 6.18 Å². The van der Waals surface area contributed by atoms with Gasteiger partial charge in [-0.05, 0) is 42.3 Å². The smallest absolute Gasteiger partial charge is 0.343 e. The number of fused-ring (bicyclic) bond motifs is 1. The molecule has 0 radical (unpaired) electrons. The second kappa shape index (κ2) is 7.97. The standard InChI is InChI=1S/C19H17F4N3O2/c20-17-12-7-8-24-9-11(12)5-6-15(17)26-16(27)10-25-18(28)13-3-1-2-4-14(13)19(21,22)23/h1-6,24H,7-10H2,(H,25,28)(H,26,27). The van der Waals surface area contributed by atoms with E-state index in [9.17, 15) is 27.2 Å². The summed E-state index contributed by atoms with van der Waals surface area (Å²) in [5, 5.41) is 7.58. The number of hydrogen-bond acceptors (Lipinski definition) is 3. The average molecular weight is 395 g/mol. The van der Waals surface area contributed by atoms with Crippen LogP contribution in [0, 0.1) is 5.82 Å². The molecule has 1 aliphatic heterocycles. The van der Waals surface area contributed by atoms with Gasteiger partial charge in [0.1, 0.15) is 5.82 Å². The summed E-state index contributed by atoms with van der Waals surface area (Å²) in [6.07, 6.45) is -4.22. The molecule has 2 aromatic carbocycles. The molecule has 2 aromatic rings. The molecule has 0 aromatic heterocycles. The molecular formula is C19H17F4N3O2. The summed E-state index contributed by atoms with van der Waals surface area (Å²) in [6, 6.07) is 7.38. The number of alkyl halides is 3. The Labute approximate surface area is 158 Å². The average Bonchev–Trinajstić information content (AvgIpc) is 2.68. The Morgan fingerprint density at radius 3 is 2.61 bits per heavy atom. The summed E-state index contributed by atoms with van der Waals surface area (Å²) >= 11 is 0. The van der Waals surface area contributed by atoms with Crippen molar-refractivity contribution in [1.29, 1.82) is 0 Å². The van der Waals surface area contributed by atoms with Crippen molar-refractivity contribution in [2.45, 2.75) is 19.1 Å². The molecule has 0 atom stereocenters. The molecule has 5 nitrogen and oxygen atoms in total. The first kappa shape index (κ1) is 19.8. The monoisotopic (exact) mass is 395 g/mol. The second-order valence-electron chi connectivity index (χ2n) is 6.27. The van der Waals surface area contributed by atoms with Crippen LogP contribution in [0.5, 0.6) is 0 Å². The van der Waals surface area contributed by atoms with Crippen molar-refractivity contribution in [3.8, 4) is 0 Å². The number of rotatable bonds is 4. The highest BCUT2D eigenvalue weighted by Gasteiger charge is 2.34. The van der Waals surface area contributed by atoms with E-state index in [2.05, 4.69) is 16.0 Å². The van der Waals surface area contributed by atoms with Crippen LogP contribution in [-0.2, 0) is 23.9 Å². The number of nitrogens with one attached hydrogen (secondary N) is 3. The first-order chi connectivity index (χ1) is 13.3. The van der Waals surface area contributed by atoms with Crippen LogP contribution in [0.4, 0.5) is 23.2 Å². The quantitative estimate of drug-likeness (QED) is 0.698. The molecule has 0 unspecified atom stereocenters. The lowest BCUT2D eigenvalue weighted by Gasteiger charge is -2.19. The van der Waals surface area contributed by atoms with Crippen LogP contribution >= 0.6 is 0 Å². The zero-order valence-electron chi connectivity index (χ0n) is 14.6. The molecule has 0 spiro atoms. The van der Waals surface area contributed by atoms with E-state index >= 15 is 0 Å². The number of benzene rings is 2. The number of amides is 2. The Morgan fingerprint density at radius 1 is 1.11 bits per heavy atom. The lowest BCUT2D eigenvalue weighted by molar-refractivity contribution is -0.137. The minimum atomic E-state index is -4.70. The topological polar surface area (TPSA) is 70.2 Å². The summed E-state index contributed by atoms with van der Waals surface area (Å²) < 4.78 is 53.4. The van der Waals surface area contributed by atoms with Gasteiger partial charge in [0.05, 0.1) is 23.4 Å². The number of carbonyl (C=O) groups excluding carboxylic acids is 2. The second-order valence-corrected chi connectivity index (χ2v) is 6.27. The van der Waals surface area contributed by atoms with E-state index in [-0.39, 0.29) is 5.69 Å². The highest BCUT2D eigenvalue weighted by atomic mass is 19.4. The van der Waals surface area contributed by atoms with Crippen molar-refractivity contribution in [1.82, 2.24) is 10.6 Å². The predicted molar refractivity (Wildman–Crippen MR) is 94.2 cm³/mol.